The number of nitrogens with one attached hydrogen (secondary N) is 1. The normalized spacial score (nSPS) is 11.3. The van der Waals surface area contributed by atoms with Crippen LogP contribution in [0.1, 0.15) is 11.4 Å². The number of nitrogens with zero attached hydrogens (tertiary/aromatic N) is 1. The molecule has 1 aromatic rings. The average molecular weight is 226 g/mol. The fourth-order valence-electron chi connectivity index (χ4n) is 1.14. The lowest BCUT2D eigenvalue weighted by atomic mass is 10.3. The largest absolute Gasteiger partial charge is 0.383 e. The molecule has 0 radical (unpaired) electrons. The van der Waals surface area contributed by atoms with Gasteiger partial charge in [0, 0.05) is 31.7 Å². The van der Waals surface area contributed by atoms with Gasteiger partial charge in [0.25, 0.3) is 0 Å². The average Bonchev–Trinajstić information content (AvgIpc) is 2.75. The molecule has 0 aliphatic carbocycles. The van der Waals surface area contributed by atoms with Crippen LogP contribution >= 0.6 is 11.3 Å². The summed E-state index contributed by atoms with van der Waals surface area (Å²) in [4.78, 5) is 4.21. The van der Waals surface area contributed by atoms with Crippen molar-refractivity contribution in [2.75, 3.05) is 26.8 Å². The van der Waals surface area contributed by atoms with Crippen molar-refractivity contribution in [3.8, 4) is 0 Å². The first kappa shape index (κ1) is 12.4. The third-order valence-electron chi connectivity index (χ3n) is 1.91. The second-order valence-electron chi connectivity index (χ2n) is 3.13. The Labute approximate surface area is 95.2 Å². The quantitative estimate of drug-likeness (QED) is 0.543. The van der Waals surface area contributed by atoms with E-state index >= 15 is 0 Å². The summed E-state index contributed by atoms with van der Waals surface area (Å²) in [6.07, 6.45) is 8.24. The molecular formula is C11H18N2OS. The molecule has 0 aliphatic heterocycles. The van der Waals surface area contributed by atoms with E-state index in [1.165, 1.54) is 5.01 Å². The van der Waals surface area contributed by atoms with E-state index in [9.17, 15) is 0 Å². The number of rotatable bonds is 8. The van der Waals surface area contributed by atoms with Crippen LogP contribution in [-0.4, -0.2) is 31.8 Å². The zero-order chi connectivity index (χ0) is 10.8. The van der Waals surface area contributed by atoms with Gasteiger partial charge in [0.1, 0.15) is 0 Å². The molecule has 0 bridgehead atoms. The van der Waals surface area contributed by atoms with Crippen LogP contribution in [-0.2, 0) is 11.2 Å². The third-order valence-corrected chi connectivity index (χ3v) is 2.72. The second-order valence-corrected chi connectivity index (χ2v) is 4.11. The predicted octanol–water partition coefficient (Wildman–Crippen LogP) is 1.87. The molecule has 84 valence electrons. The highest BCUT2D eigenvalue weighted by Crippen LogP contribution is 2.04. The van der Waals surface area contributed by atoms with Gasteiger partial charge in [-0.15, -0.1) is 11.3 Å². The first-order valence-electron chi connectivity index (χ1n) is 5.16. The topological polar surface area (TPSA) is 34.1 Å². The van der Waals surface area contributed by atoms with Gasteiger partial charge in [0.2, 0.25) is 0 Å². The Bertz CT molecular complexity index is 260. The molecule has 0 amide bonds. The highest BCUT2D eigenvalue weighted by Gasteiger charge is 1.89. The van der Waals surface area contributed by atoms with Gasteiger partial charge >= 0.3 is 0 Å². The van der Waals surface area contributed by atoms with Crippen molar-refractivity contribution in [1.82, 2.24) is 10.3 Å². The molecule has 0 saturated carbocycles. The minimum atomic E-state index is 0.781. The molecule has 4 heteroatoms. The molecule has 0 saturated heterocycles. The van der Waals surface area contributed by atoms with E-state index < -0.39 is 0 Å². The predicted molar refractivity (Wildman–Crippen MR) is 64.3 cm³/mol. The number of allylic oxidation sites excluding steroid dienone is 1. The van der Waals surface area contributed by atoms with Crippen molar-refractivity contribution in [3.63, 3.8) is 0 Å². The van der Waals surface area contributed by atoms with Gasteiger partial charge in [0.05, 0.1) is 11.6 Å². The summed E-state index contributed by atoms with van der Waals surface area (Å²) in [6.45, 7) is 2.72. The highest BCUT2D eigenvalue weighted by molar-refractivity contribution is 7.09. The van der Waals surface area contributed by atoms with E-state index in [2.05, 4.69) is 22.5 Å². The molecule has 0 spiro atoms. The monoisotopic (exact) mass is 226 g/mol. The summed E-state index contributed by atoms with van der Waals surface area (Å²) in [5, 5.41) is 6.48. The fraction of sp³-hybridized carbons (Fsp3) is 0.545. The van der Waals surface area contributed by atoms with E-state index in [-0.39, 0.29) is 0 Å². The van der Waals surface area contributed by atoms with E-state index in [1.807, 2.05) is 11.6 Å². The van der Waals surface area contributed by atoms with Crippen LogP contribution in [0.4, 0.5) is 0 Å². The van der Waals surface area contributed by atoms with E-state index in [0.717, 1.165) is 32.5 Å². The smallest absolute Gasteiger partial charge is 0.0962 e. The van der Waals surface area contributed by atoms with E-state index in [0.29, 0.717) is 0 Å². The summed E-state index contributed by atoms with van der Waals surface area (Å²) in [5.41, 5.74) is 0. The molecule has 1 heterocycles. The van der Waals surface area contributed by atoms with Crippen LogP contribution in [0.25, 0.3) is 0 Å². The maximum absolute atomic E-state index is 4.93. The Balaban J connectivity index is 1.93. The van der Waals surface area contributed by atoms with E-state index in [4.69, 9.17) is 4.74 Å². The molecule has 15 heavy (non-hydrogen) atoms. The van der Waals surface area contributed by atoms with Crippen molar-refractivity contribution >= 4 is 11.3 Å². The summed E-state index contributed by atoms with van der Waals surface area (Å²) < 4.78 is 4.93. The zero-order valence-corrected chi connectivity index (χ0v) is 9.93. The Morgan fingerprint density at radius 1 is 1.47 bits per heavy atom. The number of ether oxygens (including phenoxy) is 1. The Hall–Kier alpha value is -0.710. The minimum absolute atomic E-state index is 0.781. The molecule has 3 nitrogen and oxygen atoms in total. The summed E-state index contributed by atoms with van der Waals surface area (Å²) in [5.74, 6) is 0. The third kappa shape index (κ3) is 6.38. The first-order valence-corrected chi connectivity index (χ1v) is 6.04. The first-order chi connectivity index (χ1) is 7.43. The van der Waals surface area contributed by atoms with Gasteiger partial charge < -0.3 is 10.1 Å². The van der Waals surface area contributed by atoms with Crippen LogP contribution in [0.5, 0.6) is 0 Å². The van der Waals surface area contributed by atoms with Gasteiger partial charge in [-0.3, -0.25) is 0 Å². The number of hydrogen-bond acceptors (Lipinski definition) is 4. The van der Waals surface area contributed by atoms with Crippen molar-refractivity contribution in [1.29, 1.82) is 0 Å². The van der Waals surface area contributed by atoms with Gasteiger partial charge in [-0.1, -0.05) is 12.2 Å². The lowest BCUT2D eigenvalue weighted by Gasteiger charge is -2.00. The SMILES string of the molecule is COCCNCCC=CCc1nccs1. The molecule has 1 rings (SSSR count). The molecule has 0 fully saturated rings. The van der Waals surface area contributed by atoms with Gasteiger partial charge in [-0.2, -0.15) is 0 Å². The van der Waals surface area contributed by atoms with Crippen molar-refractivity contribution in [2.24, 2.45) is 0 Å². The van der Waals surface area contributed by atoms with Gasteiger partial charge in [-0.25, -0.2) is 4.98 Å². The van der Waals surface area contributed by atoms with Crippen molar-refractivity contribution in [2.45, 2.75) is 12.8 Å². The second kappa shape index (κ2) is 8.59. The molecule has 0 unspecified atom stereocenters. The maximum atomic E-state index is 4.93. The molecule has 0 aromatic carbocycles. The van der Waals surface area contributed by atoms with Crippen LogP contribution in [0.3, 0.4) is 0 Å². The van der Waals surface area contributed by atoms with Crippen LogP contribution in [0.2, 0.25) is 0 Å². The lowest BCUT2D eigenvalue weighted by Crippen LogP contribution is -2.19. The van der Waals surface area contributed by atoms with Crippen molar-refractivity contribution < 1.29 is 4.74 Å². The van der Waals surface area contributed by atoms with Crippen LogP contribution in [0, 0.1) is 0 Å². The fourth-order valence-corrected chi connectivity index (χ4v) is 1.73. The Kier molecular flexibility index (Phi) is 7.08. The van der Waals surface area contributed by atoms with Crippen molar-refractivity contribution in [3.05, 3.63) is 28.7 Å². The molecule has 1 N–H and O–H groups in total. The lowest BCUT2D eigenvalue weighted by molar-refractivity contribution is 0.199. The molecule has 1 aromatic heterocycles. The summed E-state index contributed by atoms with van der Waals surface area (Å²) >= 11 is 1.70. The summed E-state index contributed by atoms with van der Waals surface area (Å²) in [7, 11) is 1.72. The highest BCUT2D eigenvalue weighted by atomic mass is 32.1. The summed E-state index contributed by atoms with van der Waals surface area (Å²) in [6, 6.07) is 0. The van der Waals surface area contributed by atoms with Crippen LogP contribution in [0.15, 0.2) is 23.7 Å². The Morgan fingerprint density at radius 2 is 2.40 bits per heavy atom. The molecular weight excluding hydrogens is 208 g/mol. The van der Waals surface area contributed by atoms with E-state index in [1.54, 1.807) is 18.4 Å². The van der Waals surface area contributed by atoms with Gasteiger partial charge in [-0.05, 0) is 13.0 Å². The molecule has 0 atom stereocenters. The zero-order valence-electron chi connectivity index (χ0n) is 9.11. The number of hydrogen-bond donors (Lipinski definition) is 1. The number of methoxy groups -OCH3 is 1. The van der Waals surface area contributed by atoms with Gasteiger partial charge in [0.15, 0.2) is 0 Å². The maximum Gasteiger partial charge on any atom is 0.0962 e. The Morgan fingerprint density at radius 3 is 3.13 bits per heavy atom. The van der Waals surface area contributed by atoms with Crippen LogP contribution < -0.4 is 5.32 Å². The molecule has 0 aliphatic rings. The minimum Gasteiger partial charge on any atom is -0.383 e. The number of aromatic nitrogens is 1. The standard InChI is InChI=1S/C11H18N2OS/c1-14-9-7-12-6-4-2-3-5-11-13-8-10-15-11/h2-3,8,10,12H,4-7,9H2,1H3. The number of thiazole rings is 1.